The fourth-order valence-electron chi connectivity index (χ4n) is 4.14. The van der Waals surface area contributed by atoms with Gasteiger partial charge in [0.25, 0.3) is 5.91 Å². The molecule has 3 rings (SSSR count). The lowest BCUT2D eigenvalue weighted by Gasteiger charge is -2.40. The van der Waals surface area contributed by atoms with Gasteiger partial charge in [-0.3, -0.25) is 4.79 Å². The number of carbonyl (C=O) groups excluding carboxylic acids is 2. The Morgan fingerprint density at radius 3 is 2.33 bits per heavy atom. The molecule has 1 fully saturated rings. The molecule has 2 aromatic rings. The largest absolute Gasteiger partial charge is 0.496 e. The molecule has 2 amide bonds. The van der Waals surface area contributed by atoms with Crippen molar-refractivity contribution in [2.24, 2.45) is 0 Å². The molecule has 2 aromatic carbocycles. The Hall–Kier alpha value is -3.02. The lowest BCUT2D eigenvalue weighted by atomic mass is 9.68. The first kappa shape index (κ1) is 21.7. The van der Waals surface area contributed by atoms with Crippen molar-refractivity contribution in [3.63, 3.8) is 0 Å². The minimum Gasteiger partial charge on any atom is -0.496 e. The Bertz CT molecular complexity index is 845. The molecule has 30 heavy (non-hydrogen) atoms. The maximum Gasteiger partial charge on any atom is 0.407 e. The summed E-state index contributed by atoms with van der Waals surface area (Å²) in [7, 11) is 1.56. The molecule has 0 spiro atoms. The first-order chi connectivity index (χ1) is 14.6. The molecular formula is C24H30N2O4. The number of ether oxygens (including phenoxy) is 2. The second kappa shape index (κ2) is 10.1. The van der Waals surface area contributed by atoms with E-state index < -0.39 is 0 Å². The van der Waals surface area contributed by atoms with Gasteiger partial charge < -0.3 is 20.1 Å². The van der Waals surface area contributed by atoms with Crippen molar-refractivity contribution >= 4 is 12.0 Å². The van der Waals surface area contributed by atoms with Gasteiger partial charge in [0.15, 0.2) is 0 Å². The second-order valence-electron chi connectivity index (χ2n) is 7.66. The summed E-state index contributed by atoms with van der Waals surface area (Å²) in [5.74, 6) is 0.409. The summed E-state index contributed by atoms with van der Waals surface area (Å²) in [5.41, 5.74) is 1.53. The highest BCUT2D eigenvalue weighted by Gasteiger charge is 2.38. The van der Waals surface area contributed by atoms with Crippen molar-refractivity contribution in [1.29, 1.82) is 0 Å². The van der Waals surface area contributed by atoms with Gasteiger partial charge in [-0.05, 0) is 50.3 Å². The predicted molar refractivity (Wildman–Crippen MR) is 116 cm³/mol. The van der Waals surface area contributed by atoms with Gasteiger partial charge in [0.05, 0.1) is 12.7 Å². The van der Waals surface area contributed by atoms with Gasteiger partial charge in [-0.1, -0.05) is 42.5 Å². The van der Waals surface area contributed by atoms with E-state index in [-0.39, 0.29) is 23.5 Å². The number of nitrogens with one attached hydrogen (secondary N) is 2. The lowest BCUT2D eigenvalue weighted by Crippen LogP contribution is -2.45. The van der Waals surface area contributed by atoms with Crippen LogP contribution in [0.5, 0.6) is 5.75 Å². The summed E-state index contributed by atoms with van der Waals surface area (Å²) in [6, 6.07) is 17.5. The van der Waals surface area contributed by atoms with Crippen LogP contribution >= 0.6 is 0 Å². The Morgan fingerprint density at radius 2 is 1.67 bits per heavy atom. The summed E-state index contributed by atoms with van der Waals surface area (Å²) in [5, 5.41) is 5.80. The molecule has 0 unspecified atom stereocenters. The van der Waals surface area contributed by atoms with Crippen LogP contribution in [0.3, 0.4) is 0 Å². The summed E-state index contributed by atoms with van der Waals surface area (Å²) in [4.78, 5) is 24.6. The Morgan fingerprint density at radius 1 is 1.00 bits per heavy atom. The van der Waals surface area contributed by atoms with E-state index in [4.69, 9.17) is 9.47 Å². The van der Waals surface area contributed by atoms with Crippen molar-refractivity contribution in [3.05, 3.63) is 65.7 Å². The molecule has 1 aliphatic rings. The molecule has 0 aliphatic heterocycles. The predicted octanol–water partition coefficient (Wildman–Crippen LogP) is 4.05. The second-order valence-corrected chi connectivity index (χ2v) is 7.66. The van der Waals surface area contributed by atoms with Gasteiger partial charge in [-0.15, -0.1) is 0 Å². The molecule has 2 N–H and O–H groups in total. The number of methoxy groups -OCH3 is 1. The van der Waals surface area contributed by atoms with Crippen LogP contribution in [0.15, 0.2) is 54.6 Å². The molecule has 1 aliphatic carbocycles. The summed E-state index contributed by atoms with van der Waals surface area (Å²) < 4.78 is 10.9. The fourth-order valence-corrected chi connectivity index (χ4v) is 4.14. The molecule has 0 saturated heterocycles. The number of benzene rings is 2. The number of hydrogen-bond acceptors (Lipinski definition) is 4. The Labute approximate surface area is 178 Å². The van der Waals surface area contributed by atoms with Crippen molar-refractivity contribution in [2.45, 2.75) is 44.1 Å². The standard InChI is InChI=1S/C24H30N2O4/c1-3-25-23(28)30-19-13-15-24(16-14-19,18-9-5-4-6-10-18)17-26-22(27)20-11-7-8-12-21(20)29-2/h4-12,19H,3,13-17H2,1-2H3,(H,25,28)(H,26,27)/t19-,24+. The van der Waals surface area contributed by atoms with Crippen LogP contribution in [-0.2, 0) is 10.2 Å². The molecule has 0 heterocycles. The average molecular weight is 411 g/mol. The SMILES string of the molecule is CCNC(=O)O[C@H]1CC[C@@](CNC(=O)c2ccccc2OC)(c2ccccc2)CC1. The van der Waals surface area contributed by atoms with E-state index in [2.05, 4.69) is 22.8 Å². The van der Waals surface area contributed by atoms with Gasteiger partial charge in [0, 0.05) is 18.5 Å². The third-order valence-electron chi connectivity index (χ3n) is 5.81. The van der Waals surface area contributed by atoms with Crippen molar-refractivity contribution < 1.29 is 19.1 Å². The Kier molecular flexibility index (Phi) is 7.33. The molecule has 6 nitrogen and oxygen atoms in total. The zero-order valence-electron chi connectivity index (χ0n) is 17.6. The zero-order chi connectivity index (χ0) is 21.4. The van der Waals surface area contributed by atoms with Gasteiger partial charge >= 0.3 is 6.09 Å². The monoisotopic (exact) mass is 410 g/mol. The van der Waals surface area contributed by atoms with Gasteiger partial charge in [0.2, 0.25) is 0 Å². The summed E-state index contributed by atoms with van der Waals surface area (Å²) >= 11 is 0. The maximum absolute atomic E-state index is 12.9. The minimum atomic E-state index is -0.362. The molecule has 0 aromatic heterocycles. The van der Waals surface area contributed by atoms with Crippen molar-refractivity contribution in [2.75, 3.05) is 20.2 Å². The highest BCUT2D eigenvalue weighted by atomic mass is 16.6. The first-order valence-electron chi connectivity index (χ1n) is 10.5. The number of rotatable bonds is 7. The number of alkyl carbamates (subject to hydrolysis) is 1. The van der Waals surface area contributed by atoms with Crippen LogP contribution < -0.4 is 15.4 Å². The van der Waals surface area contributed by atoms with E-state index in [0.29, 0.717) is 24.4 Å². The van der Waals surface area contributed by atoms with Crippen LogP contribution in [0.25, 0.3) is 0 Å². The van der Waals surface area contributed by atoms with E-state index in [1.807, 2.05) is 37.3 Å². The summed E-state index contributed by atoms with van der Waals surface area (Å²) in [6.07, 6.45) is 2.71. The van der Waals surface area contributed by atoms with Gasteiger partial charge in [0.1, 0.15) is 11.9 Å². The topological polar surface area (TPSA) is 76.7 Å². The quantitative estimate of drug-likeness (QED) is 0.722. The third-order valence-corrected chi connectivity index (χ3v) is 5.81. The highest BCUT2D eigenvalue weighted by molar-refractivity contribution is 5.96. The number of hydrogen-bond donors (Lipinski definition) is 2. The summed E-state index contributed by atoms with van der Waals surface area (Å²) in [6.45, 7) is 2.93. The first-order valence-corrected chi connectivity index (χ1v) is 10.5. The Balaban J connectivity index is 1.71. The number of amides is 2. The van der Waals surface area contributed by atoms with Crippen LogP contribution in [0.2, 0.25) is 0 Å². The lowest BCUT2D eigenvalue weighted by molar-refractivity contribution is 0.0568. The van der Waals surface area contributed by atoms with E-state index in [1.54, 1.807) is 19.2 Å². The normalized spacial score (nSPS) is 20.8. The third kappa shape index (κ3) is 5.12. The van der Waals surface area contributed by atoms with Gasteiger partial charge in [-0.2, -0.15) is 0 Å². The smallest absolute Gasteiger partial charge is 0.407 e. The van der Waals surface area contributed by atoms with E-state index in [1.165, 1.54) is 5.56 Å². The zero-order valence-corrected chi connectivity index (χ0v) is 17.6. The molecule has 0 atom stereocenters. The maximum atomic E-state index is 12.9. The van der Waals surface area contributed by atoms with E-state index in [9.17, 15) is 9.59 Å². The minimum absolute atomic E-state index is 0.0988. The van der Waals surface area contributed by atoms with Crippen molar-refractivity contribution in [1.82, 2.24) is 10.6 Å². The fraction of sp³-hybridized carbons (Fsp3) is 0.417. The van der Waals surface area contributed by atoms with Gasteiger partial charge in [-0.25, -0.2) is 4.79 Å². The number of para-hydroxylation sites is 1. The molecular weight excluding hydrogens is 380 g/mol. The van der Waals surface area contributed by atoms with Crippen LogP contribution in [0, 0.1) is 0 Å². The van der Waals surface area contributed by atoms with Crippen LogP contribution in [-0.4, -0.2) is 38.3 Å². The number of carbonyl (C=O) groups is 2. The molecule has 6 heteroatoms. The van der Waals surface area contributed by atoms with Crippen LogP contribution in [0.4, 0.5) is 4.79 Å². The molecule has 0 radical (unpaired) electrons. The van der Waals surface area contributed by atoms with E-state index >= 15 is 0 Å². The molecule has 160 valence electrons. The molecule has 0 bridgehead atoms. The average Bonchev–Trinajstić information content (AvgIpc) is 2.79. The van der Waals surface area contributed by atoms with Crippen molar-refractivity contribution in [3.8, 4) is 5.75 Å². The van der Waals surface area contributed by atoms with Crippen LogP contribution in [0.1, 0.15) is 48.5 Å². The highest BCUT2D eigenvalue weighted by Crippen LogP contribution is 2.40. The van der Waals surface area contributed by atoms with E-state index in [0.717, 1.165) is 25.7 Å². The molecule has 1 saturated carbocycles.